The van der Waals surface area contributed by atoms with Gasteiger partial charge < -0.3 is 10.6 Å². The number of pyridine rings is 1. The van der Waals surface area contributed by atoms with E-state index in [2.05, 4.69) is 26.2 Å². The highest BCUT2D eigenvalue weighted by Gasteiger charge is 2.11. The van der Waals surface area contributed by atoms with E-state index in [0.29, 0.717) is 12.1 Å². The third kappa shape index (κ3) is 3.16. The minimum Gasteiger partial charge on any atom is -0.329 e. The Hall–Kier alpha value is -2.23. The highest BCUT2D eigenvalue weighted by Crippen LogP contribution is 2.21. The average molecular weight is 256 g/mol. The molecule has 2 aromatic heterocycles. The van der Waals surface area contributed by atoms with Gasteiger partial charge in [0.15, 0.2) is 0 Å². The molecule has 0 aliphatic heterocycles. The second-order valence-corrected chi connectivity index (χ2v) is 4.36. The molecular formula is C13H16N6. The molecule has 0 amide bonds. The van der Waals surface area contributed by atoms with Gasteiger partial charge in [0.1, 0.15) is 6.07 Å². The maximum absolute atomic E-state index is 8.90. The summed E-state index contributed by atoms with van der Waals surface area (Å²) in [6.45, 7) is 2.19. The van der Waals surface area contributed by atoms with Gasteiger partial charge in [-0.25, -0.2) is 0 Å². The van der Waals surface area contributed by atoms with Gasteiger partial charge >= 0.3 is 0 Å². The highest BCUT2D eigenvalue weighted by molar-refractivity contribution is 5.63. The number of H-pyrrole nitrogens is 1. The van der Waals surface area contributed by atoms with Gasteiger partial charge in [0.25, 0.3) is 0 Å². The van der Waals surface area contributed by atoms with E-state index in [-0.39, 0.29) is 0 Å². The van der Waals surface area contributed by atoms with Crippen LogP contribution in [0.15, 0.2) is 24.7 Å². The lowest BCUT2D eigenvalue weighted by Gasteiger charge is -2.14. The van der Waals surface area contributed by atoms with Gasteiger partial charge in [0, 0.05) is 49.4 Å². The predicted octanol–water partition coefficient (Wildman–Crippen LogP) is 0.734. The number of aromatic amines is 1. The summed E-state index contributed by atoms with van der Waals surface area (Å²) in [7, 11) is 2.01. The number of nitriles is 1. The number of nitrogens with zero attached hydrogens (tertiary/aromatic N) is 4. The summed E-state index contributed by atoms with van der Waals surface area (Å²) in [6, 6.07) is 3.87. The molecular weight excluding hydrogens is 240 g/mol. The van der Waals surface area contributed by atoms with Crippen LogP contribution < -0.4 is 5.73 Å². The van der Waals surface area contributed by atoms with E-state index in [0.717, 1.165) is 29.9 Å². The summed E-state index contributed by atoms with van der Waals surface area (Å²) in [6.07, 6.45) is 5.11. The molecule has 0 saturated carbocycles. The van der Waals surface area contributed by atoms with Crippen LogP contribution in [0.2, 0.25) is 0 Å². The molecule has 0 aromatic carbocycles. The Labute approximate surface area is 111 Å². The Bertz CT molecular complexity index is 583. The van der Waals surface area contributed by atoms with Crippen LogP contribution in [0, 0.1) is 11.3 Å². The van der Waals surface area contributed by atoms with Crippen molar-refractivity contribution in [2.24, 2.45) is 5.73 Å². The van der Waals surface area contributed by atoms with Gasteiger partial charge in [-0.1, -0.05) is 0 Å². The number of hydrogen-bond donors (Lipinski definition) is 2. The van der Waals surface area contributed by atoms with Crippen LogP contribution in [0.1, 0.15) is 11.1 Å². The molecule has 0 atom stereocenters. The zero-order valence-corrected chi connectivity index (χ0v) is 10.8. The van der Waals surface area contributed by atoms with Crippen LogP contribution in [0.4, 0.5) is 0 Å². The summed E-state index contributed by atoms with van der Waals surface area (Å²) in [5.41, 5.74) is 8.80. The molecule has 3 N–H and O–H groups in total. The zero-order valence-electron chi connectivity index (χ0n) is 10.8. The van der Waals surface area contributed by atoms with Gasteiger partial charge in [-0.05, 0) is 13.1 Å². The Morgan fingerprint density at radius 1 is 1.47 bits per heavy atom. The second kappa shape index (κ2) is 6.09. The van der Waals surface area contributed by atoms with Crippen molar-refractivity contribution in [3.05, 3.63) is 35.8 Å². The molecule has 2 rings (SSSR count). The number of hydrogen-bond acceptors (Lipinski definition) is 5. The number of aromatic nitrogens is 3. The lowest BCUT2D eigenvalue weighted by molar-refractivity contribution is 0.337. The van der Waals surface area contributed by atoms with Crippen LogP contribution >= 0.6 is 0 Å². The van der Waals surface area contributed by atoms with E-state index < -0.39 is 0 Å². The first-order valence-corrected chi connectivity index (χ1v) is 6.01. The molecule has 0 radical (unpaired) electrons. The second-order valence-electron chi connectivity index (χ2n) is 4.36. The fourth-order valence-electron chi connectivity index (χ4n) is 1.91. The molecule has 2 aromatic rings. The standard InChI is InChI=1S/C13H16N6/c1-19(3-2-14)9-12-8-17-18-13(12)11-4-10(5-15)6-16-7-11/h4,6-8H,2-3,9,14H2,1H3,(H,17,18). The van der Waals surface area contributed by atoms with E-state index in [1.807, 2.05) is 13.2 Å². The van der Waals surface area contributed by atoms with Crippen LogP contribution in [-0.2, 0) is 6.54 Å². The fraction of sp³-hybridized carbons (Fsp3) is 0.308. The summed E-state index contributed by atoms with van der Waals surface area (Å²) >= 11 is 0. The van der Waals surface area contributed by atoms with E-state index in [9.17, 15) is 0 Å². The molecule has 0 aliphatic carbocycles. The highest BCUT2D eigenvalue weighted by atomic mass is 15.1. The Morgan fingerprint density at radius 3 is 3.05 bits per heavy atom. The Balaban J connectivity index is 2.26. The molecule has 98 valence electrons. The van der Waals surface area contributed by atoms with Crippen molar-refractivity contribution in [3.63, 3.8) is 0 Å². The third-order valence-electron chi connectivity index (χ3n) is 2.81. The maximum atomic E-state index is 8.90. The molecule has 0 saturated heterocycles. The lowest BCUT2D eigenvalue weighted by atomic mass is 10.1. The van der Waals surface area contributed by atoms with Crippen LogP contribution in [0.25, 0.3) is 11.3 Å². The summed E-state index contributed by atoms with van der Waals surface area (Å²) in [5.74, 6) is 0. The molecule has 6 nitrogen and oxygen atoms in total. The topological polar surface area (TPSA) is 94.6 Å². The van der Waals surface area contributed by atoms with Gasteiger partial charge in [-0.3, -0.25) is 10.1 Å². The normalized spacial score (nSPS) is 10.6. The molecule has 0 fully saturated rings. The first kappa shape index (κ1) is 13.2. The fourth-order valence-corrected chi connectivity index (χ4v) is 1.91. The van der Waals surface area contributed by atoms with Crippen molar-refractivity contribution in [3.8, 4) is 17.3 Å². The van der Waals surface area contributed by atoms with Crippen molar-refractivity contribution in [2.75, 3.05) is 20.1 Å². The summed E-state index contributed by atoms with van der Waals surface area (Å²) in [4.78, 5) is 6.18. The maximum Gasteiger partial charge on any atom is 0.101 e. The van der Waals surface area contributed by atoms with Gasteiger partial charge in [0.2, 0.25) is 0 Å². The molecule has 6 heteroatoms. The van der Waals surface area contributed by atoms with E-state index in [1.165, 1.54) is 6.20 Å². The minimum atomic E-state index is 0.529. The molecule has 0 spiro atoms. The molecule has 0 unspecified atom stereocenters. The largest absolute Gasteiger partial charge is 0.329 e. The Kier molecular flexibility index (Phi) is 4.23. The van der Waals surface area contributed by atoms with Crippen molar-refractivity contribution in [1.82, 2.24) is 20.1 Å². The van der Waals surface area contributed by atoms with Crippen LogP contribution in [0.3, 0.4) is 0 Å². The predicted molar refractivity (Wildman–Crippen MR) is 71.9 cm³/mol. The molecule has 19 heavy (non-hydrogen) atoms. The monoisotopic (exact) mass is 256 g/mol. The summed E-state index contributed by atoms with van der Waals surface area (Å²) in [5, 5.41) is 16.0. The number of nitrogens with one attached hydrogen (secondary N) is 1. The summed E-state index contributed by atoms with van der Waals surface area (Å²) < 4.78 is 0. The molecule has 0 bridgehead atoms. The number of rotatable bonds is 5. The smallest absolute Gasteiger partial charge is 0.101 e. The van der Waals surface area contributed by atoms with Crippen molar-refractivity contribution < 1.29 is 0 Å². The first-order valence-electron chi connectivity index (χ1n) is 6.01. The van der Waals surface area contributed by atoms with Gasteiger partial charge in [-0.2, -0.15) is 10.4 Å². The minimum absolute atomic E-state index is 0.529. The molecule has 0 aliphatic rings. The van der Waals surface area contributed by atoms with E-state index in [4.69, 9.17) is 11.0 Å². The zero-order chi connectivity index (χ0) is 13.7. The van der Waals surface area contributed by atoms with Crippen LogP contribution in [-0.4, -0.2) is 40.2 Å². The Morgan fingerprint density at radius 2 is 2.32 bits per heavy atom. The van der Waals surface area contributed by atoms with Gasteiger partial charge in [-0.15, -0.1) is 0 Å². The van der Waals surface area contributed by atoms with E-state index >= 15 is 0 Å². The van der Waals surface area contributed by atoms with Crippen LogP contribution in [0.5, 0.6) is 0 Å². The lowest BCUT2D eigenvalue weighted by Crippen LogP contribution is -2.25. The number of likely N-dealkylation sites (N-methyl/N-ethyl adjacent to an activating group) is 1. The van der Waals surface area contributed by atoms with Crippen molar-refractivity contribution in [2.45, 2.75) is 6.54 Å². The third-order valence-corrected chi connectivity index (χ3v) is 2.81. The first-order chi connectivity index (χ1) is 9.24. The SMILES string of the molecule is CN(CCN)Cc1c[nH]nc1-c1cncc(C#N)c1. The number of nitrogens with two attached hydrogens (primary N) is 1. The average Bonchev–Trinajstić information content (AvgIpc) is 2.87. The van der Waals surface area contributed by atoms with Crippen molar-refractivity contribution >= 4 is 0 Å². The molecule has 2 heterocycles. The quantitative estimate of drug-likeness (QED) is 0.822. The van der Waals surface area contributed by atoms with Crippen molar-refractivity contribution in [1.29, 1.82) is 5.26 Å². The van der Waals surface area contributed by atoms with Gasteiger partial charge in [0.05, 0.1) is 11.3 Å². The van der Waals surface area contributed by atoms with E-state index in [1.54, 1.807) is 12.3 Å².